The van der Waals surface area contributed by atoms with E-state index < -0.39 is 10.0 Å². The summed E-state index contributed by atoms with van der Waals surface area (Å²) in [4.78, 5) is 12.0. The van der Waals surface area contributed by atoms with E-state index in [9.17, 15) is 13.2 Å². The summed E-state index contributed by atoms with van der Waals surface area (Å²) in [7, 11) is -2.04. The monoisotopic (exact) mass is 407 g/mol. The molecule has 1 unspecified atom stereocenters. The van der Waals surface area contributed by atoms with E-state index in [0.717, 1.165) is 41.8 Å². The molecule has 2 aromatic heterocycles. The molecule has 0 spiro atoms. The van der Waals surface area contributed by atoms with Gasteiger partial charge in [0.1, 0.15) is 0 Å². The SMILES string of the molecule is Cc1cc(C2CCCCCN2S(=O)(=O)c2ccc3c(c2)sc(=O)n3C)on1. The zero-order chi connectivity index (χ0) is 19.2. The highest BCUT2D eigenvalue weighted by molar-refractivity contribution is 7.89. The van der Waals surface area contributed by atoms with Gasteiger partial charge in [0.05, 0.1) is 26.8 Å². The van der Waals surface area contributed by atoms with Crippen molar-refractivity contribution in [3.8, 4) is 0 Å². The highest BCUT2D eigenvalue weighted by Gasteiger charge is 2.35. The maximum absolute atomic E-state index is 13.4. The smallest absolute Gasteiger partial charge is 0.307 e. The molecule has 0 radical (unpaired) electrons. The molecule has 144 valence electrons. The Labute approximate surface area is 161 Å². The number of aromatic nitrogens is 2. The van der Waals surface area contributed by atoms with Crippen LogP contribution in [0, 0.1) is 6.92 Å². The third kappa shape index (κ3) is 3.24. The minimum Gasteiger partial charge on any atom is -0.359 e. The van der Waals surface area contributed by atoms with Crippen LogP contribution in [0.2, 0.25) is 0 Å². The van der Waals surface area contributed by atoms with E-state index in [1.165, 1.54) is 8.87 Å². The van der Waals surface area contributed by atoms with E-state index in [2.05, 4.69) is 5.16 Å². The second kappa shape index (κ2) is 6.88. The van der Waals surface area contributed by atoms with Crippen molar-refractivity contribution in [3.63, 3.8) is 0 Å². The molecule has 1 aliphatic rings. The molecule has 3 heterocycles. The van der Waals surface area contributed by atoms with Crippen molar-refractivity contribution in [2.45, 2.75) is 43.5 Å². The number of benzene rings is 1. The largest absolute Gasteiger partial charge is 0.359 e. The van der Waals surface area contributed by atoms with Gasteiger partial charge in [-0.2, -0.15) is 4.31 Å². The number of sulfonamides is 1. The van der Waals surface area contributed by atoms with Crippen molar-refractivity contribution >= 4 is 31.6 Å². The van der Waals surface area contributed by atoms with Crippen molar-refractivity contribution in [1.82, 2.24) is 14.0 Å². The first-order chi connectivity index (χ1) is 12.9. The first-order valence-corrected chi connectivity index (χ1v) is 11.2. The Balaban J connectivity index is 1.79. The third-order valence-electron chi connectivity index (χ3n) is 5.05. The van der Waals surface area contributed by atoms with Gasteiger partial charge >= 0.3 is 4.87 Å². The molecule has 1 aliphatic heterocycles. The van der Waals surface area contributed by atoms with Gasteiger partial charge in [0, 0.05) is 19.7 Å². The molecule has 1 fully saturated rings. The van der Waals surface area contributed by atoms with Crippen LogP contribution in [0.15, 0.2) is 38.5 Å². The molecule has 0 bridgehead atoms. The second-order valence-electron chi connectivity index (χ2n) is 6.91. The maximum Gasteiger partial charge on any atom is 0.307 e. The summed E-state index contributed by atoms with van der Waals surface area (Å²) in [6, 6.07) is 6.33. The quantitative estimate of drug-likeness (QED) is 0.666. The van der Waals surface area contributed by atoms with Crippen molar-refractivity contribution in [2.75, 3.05) is 6.54 Å². The molecular formula is C18H21N3O4S2. The minimum absolute atomic E-state index is 0.107. The lowest BCUT2D eigenvalue weighted by Gasteiger charge is -2.27. The topological polar surface area (TPSA) is 85.4 Å². The van der Waals surface area contributed by atoms with E-state index in [4.69, 9.17) is 4.52 Å². The zero-order valence-electron chi connectivity index (χ0n) is 15.2. The predicted molar refractivity (Wildman–Crippen MR) is 103 cm³/mol. The van der Waals surface area contributed by atoms with Crippen molar-refractivity contribution in [3.05, 3.63) is 45.4 Å². The summed E-state index contributed by atoms with van der Waals surface area (Å²) >= 11 is 1.06. The molecule has 9 heteroatoms. The minimum atomic E-state index is -3.73. The zero-order valence-corrected chi connectivity index (χ0v) is 16.8. The van der Waals surface area contributed by atoms with Crippen molar-refractivity contribution in [2.24, 2.45) is 7.05 Å². The average molecular weight is 408 g/mol. The lowest BCUT2D eigenvalue weighted by Crippen LogP contribution is -2.34. The molecule has 27 heavy (non-hydrogen) atoms. The summed E-state index contributed by atoms with van der Waals surface area (Å²) in [5, 5.41) is 3.93. The number of hydrogen-bond acceptors (Lipinski definition) is 6. The first-order valence-electron chi connectivity index (χ1n) is 8.92. The van der Waals surface area contributed by atoms with Gasteiger partial charge in [-0.15, -0.1) is 0 Å². The van der Waals surface area contributed by atoms with Gasteiger partial charge in [0.15, 0.2) is 5.76 Å². The van der Waals surface area contributed by atoms with Gasteiger partial charge in [-0.1, -0.05) is 29.3 Å². The molecular weight excluding hydrogens is 386 g/mol. The molecule has 1 saturated heterocycles. The van der Waals surface area contributed by atoms with Gasteiger partial charge in [-0.3, -0.25) is 4.79 Å². The van der Waals surface area contributed by atoms with E-state index in [-0.39, 0.29) is 15.8 Å². The molecule has 7 nitrogen and oxygen atoms in total. The average Bonchev–Trinajstić information content (AvgIpc) is 3.07. The summed E-state index contributed by atoms with van der Waals surface area (Å²) in [6.07, 6.45) is 3.43. The van der Waals surface area contributed by atoms with E-state index in [1.54, 1.807) is 25.2 Å². The highest BCUT2D eigenvalue weighted by Crippen LogP contribution is 2.35. The first kappa shape index (κ1) is 18.4. The Morgan fingerprint density at radius 1 is 1.22 bits per heavy atom. The summed E-state index contributed by atoms with van der Waals surface area (Å²) in [6.45, 7) is 2.27. The number of thiazole rings is 1. The second-order valence-corrected chi connectivity index (χ2v) is 9.79. The van der Waals surface area contributed by atoms with Gasteiger partial charge in [0.25, 0.3) is 0 Å². The fourth-order valence-electron chi connectivity index (χ4n) is 3.60. The maximum atomic E-state index is 13.4. The molecule has 1 aromatic carbocycles. The Morgan fingerprint density at radius 3 is 2.78 bits per heavy atom. The third-order valence-corrected chi connectivity index (χ3v) is 7.95. The lowest BCUT2D eigenvalue weighted by molar-refractivity contribution is 0.258. The Morgan fingerprint density at radius 2 is 2.04 bits per heavy atom. The number of aryl methyl sites for hydroxylation is 2. The standard InChI is InChI=1S/C18H21N3O4S2/c1-12-10-16(25-19-12)14-6-4-3-5-9-21(14)27(23,24)13-7-8-15-17(11-13)26-18(22)20(15)2/h7-8,10-11,14H,3-6,9H2,1-2H3. The van der Waals surface area contributed by atoms with Crippen LogP contribution in [0.3, 0.4) is 0 Å². The van der Waals surface area contributed by atoms with Crippen LogP contribution < -0.4 is 4.87 Å². The van der Waals surface area contributed by atoms with Crippen LogP contribution in [0.4, 0.5) is 0 Å². The van der Waals surface area contributed by atoms with Crippen LogP contribution in [0.25, 0.3) is 10.2 Å². The van der Waals surface area contributed by atoms with Crippen LogP contribution in [-0.4, -0.2) is 29.0 Å². The number of hydrogen-bond donors (Lipinski definition) is 0. The molecule has 4 rings (SSSR count). The Bertz CT molecular complexity index is 1140. The molecule has 0 aliphatic carbocycles. The van der Waals surface area contributed by atoms with Gasteiger partial charge in [-0.25, -0.2) is 8.42 Å². The molecule has 0 amide bonds. The molecule has 1 atom stereocenters. The van der Waals surface area contributed by atoms with Crippen LogP contribution in [0.5, 0.6) is 0 Å². The van der Waals surface area contributed by atoms with Crippen LogP contribution in [-0.2, 0) is 17.1 Å². The summed E-state index contributed by atoms with van der Waals surface area (Å²) in [5.41, 5.74) is 1.48. The van der Waals surface area contributed by atoms with E-state index in [0.29, 0.717) is 23.4 Å². The van der Waals surface area contributed by atoms with Crippen LogP contribution in [0.1, 0.15) is 43.2 Å². The van der Waals surface area contributed by atoms with Gasteiger partial charge in [-0.05, 0) is 38.0 Å². The van der Waals surface area contributed by atoms with Crippen molar-refractivity contribution in [1.29, 1.82) is 0 Å². The molecule has 0 saturated carbocycles. The summed E-state index contributed by atoms with van der Waals surface area (Å²) in [5.74, 6) is 0.587. The van der Waals surface area contributed by atoms with Crippen molar-refractivity contribution < 1.29 is 12.9 Å². The highest BCUT2D eigenvalue weighted by atomic mass is 32.2. The normalized spacial score (nSPS) is 19.4. The fourth-order valence-corrected chi connectivity index (χ4v) is 6.29. The van der Waals surface area contributed by atoms with Crippen LogP contribution >= 0.6 is 11.3 Å². The number of fused-ring (bicyclic) bond motifs is 1. The Hall–Kier alpha value is -1.97. The number of nitrogens with zero attached hydrogens (tertiary/aromatic N) is 3. The van der Waals surface area contributed by atoms with Gasteiger partial charge < -0.3 is 9.09 Å². The predicted octanol–water partition coefficient (Wildman–Crippen LogP) is 3.20. The van der Waals surface area contributed by atoms with Gasteiger partial charge in [0.2, 0.25) is 10.0 Å². The van der Waals surface area contributed by atoms with E-state index in [1.807, 2.05) is 13.0 Å². The lowest BCUT2D eigenvalue weighted by atomic mass is 10.1. The fraction of sp³-hybridized carbons (Fsp3) is 0.444. The molecule has 3 aromatic rings. The molecule has 0 N–H and O–H groups in total. The van der Waals surface area contributed by atoms with E-state index >= 15 is 0 Å². The summed E-state index contributed by atoms with van der Waals surface area (Å²) < 4.78 is 36.0. The Kier molecular flexibility index (Phi) is 4.69. The number of rotatable bonds is 3.